The summed E-state index contributed by atoms with van der Waals surface area (Å²) in [5.41, 5.74) is 0.959. The van der Waals surface area contributed by atoms with Gasteiger partial charge in [0.05, 0.1) is 11.5 Å². The lowest BCUT2D eigenvalue weighted by molar-refractivity contribution is -0.141. The van der Waals surface area contributed by atoms with Gasteiger partial charge in [-0.3, -0.25) is 4.79 Å². The summed E-state index contributed by atoms with van der Waals surface area (Å²) in [5, 5.41) is 0. The number of amidine groups is 1. The van der Waals surface area contributed by atoms with Gasteiger partial charge in [-0.05, 0) is 53.7 Å². The Hall–Kier alpha value is -1.89. The van der Waals surface area contributed by atoms with Crippen LogP contribution in [-0.2, 0) is 19.6 Å². The van der Waals surface area contributed by atoms with Crippen molar-refractivity contribution in [3.05, 3.63) is 29.8 Å². The summed E-state index contributed by atoms with van der Waals surface area (Å²) in [7, 11) is -3.91. The molecule has 0 unspecified atom stereocenters. The number of sulfonamides is 1. The highest BCUT2D eigenvalue weighted by Gasteiger charge is 2.25. The van der Waals surface area contributed by atoms with Crippen LogP contribution in [0.2, 0.25) is 0 Å². The number of esters is 1. The van der Waals surface area contributed by atoms with Crippen molar-refractivity contribution >= 4 is 21.8 Å². The maximum absolute atomic E-state index is 12.7. The highest BCUT2D eigenvalue weighted by Crippen LogP contribution is 2.17. The topological polar surface area (TPSA) is 76.0 Å². The molecular weight excluding hydrogens is 340 g/mol. The zero-order chi connectivity index (χ0) is 19.2. The standard InChI is InChI=1S/C18H28N2O4S/c1-7-24-18(21)12-17(20(13(2)3)14(4)5)19-25(22,23)16-10-8-15(6)9-11-16/h8-11,13-14H,7,12H2,1-6H3/b19-17+. The first-order valence-corrected chi connectivity index (χ1v) is 9.87. The largest absolute Gasteiger partial charge is 0.466 e. The molecule has 0 fully saturated rings. The molecule has 0 amide bonds. The molecule has 0 bridgehead atoms. The molecule has 0 saturated heterocycles. The summed E-state index contributed by atoms with van der Waals surface area (Å²) >= 11 is 0. The number of hydrogen-bond acceptors (Lipinski definition) is 4. The lowest BCUT2D eigenvalue weighted by Crippen LogP contribution is -2.43. The maximum atomic E-state index is 12.7. The smallest absolute Gasteiger partial charge is 0.313 e. The zero-order valence-corrected chi connectivity index (χ0v) is 16.6. The fourth-order valence-electron chi connectivity index (χ4n) is 2.61. The Bertz CT molecular complexity index is 699. The highest BCUT2D eigenvalue weighted by atomic mass is 32.2. The SMILES string of the molecule is CCOC(=O)C/C(=N\S(=O)(=O)c1ccc(C)cc1)N(C(C)C)C(C)C. The summed E-state index contributed by atoms with van der Waals surface area (Å²) in [5.74, 6) is -0.296. The van der Waals surface area contributed by atoms with Gasteiger partial charge >= 0.3 is 5.97 Å². The number of rotatable bonds is 7. The Labute approximate surface area is 151 Å². The molecule has 0 atom stereocenters. The average Bonchev–Trinajstić information content (AvgIpc) is 2.46. The number of carbonyl (C=O) groups is 1. The summed E-state index contributed by atoms with van der Waals surface area (Å²) in [6.07, 6.45) is -0.185. The molecule has 1 aromatic carbocycles. The lowest BCUT2D eigenvalue weighted by atomic mass is 10.2. The van der Waals surface area contributed by atoms with E-state index in [2.05, 4.69) is 4.40 Å². The van der Waals surface area contributed by atoms with E-state index in [1.807, 2.05) is 39.5 Å². The van der Waals surface area contributed by atoms with Gasteiger partial charge in [-0.25, -0.2) is 0 Å². The fraction of sp³-hybridized carbons (Fsp3) is 0.556. The van der Waals surface area contributed by atoms with Crippen molar-refractivity contribution < 1.29 is 17.9 Å². The third-order valence-electron chi connectivity index (χ3n) is 3.56. The third-order valence-corrected chi connectivity index (χ3v) is 4.88. The number of hydrogen-bond donors (Lipinski definition) is 0. The normalized spacial score (nSPS) is 12.6. The average molecular weight is 368 g/mol. The Morgan fingerprint density at radius 3 is 2.08 bits per heavy atom. The van der Waals surface area contributed by atoms with Crippen LogP contribution in [0.25, 0.3) is 0 Å². The molecule has 0 aromatic heterocycles. The van der Waals surface area contributed by atoms with Gasteiger partial charge in [-0.1, -0.05) is 17.7 Å². The second kappa shape index (κ2) is 8.99. The predicted molar refractivity (Wildman–Crippen MR) is 99.2 cm³/mol. The van der Waals surface area contributed by atoms with Gasteiger partial charge in [0.1, 0.15) is 12.3 Å². The molecule has 0 spiro atoms. The van der Waals surface area contributed by atoms with E-state index in [0.717, 1.165) is 5.56 Å². The number of ether oxygens (including phenoxy) is 1. The van der Waals surface area contributed by atoms with E-state index in [1.54, 1.807) is 19.1 Å². The Kier molecular flexibility index (Phi) is 7.60. The summed E-state index contributed by atoms with van der Waals surface area (Å²) in [6, 6.07) is 6.45. The number of aryl methyl sites for hydroxylation is 1. The molecule has 7 heteroatoms. The Morgan fingerprint density at radius 2 is 1.64 bits per heavy atom. The molecule has 0 aliphatic carbocycles. The minimum absolute atomic E-state index is 0.0126. The second-order valence-electron chi connectivity index (χ2n) is 6.37. The molecule has 25 heavy (non-hydrogen) atoms. The molecule has 1 aromatic rings. The molecule has 0 saturated carbocycles. The van der Waals surface area contributed by atoms with Crippen molar-refractivity contribution in [3.8, 4) is 0 Å². The second-order valence-corrected chi connectivity index (χ2v) is 7.98. The van der Waals surface area contributed by atoms with Crippen LogP contribution in [0.3, 0.4) is 0 Å². The minimum Gasteiger partial charge on any atom is -0.466 e. The van der Waals surface area contributed by atoms with Crippen LogP contribution in [0, 0.1) is 6.92 Å². The first kappa shape index (κ1) is 21.2. The van der Waals surface area contributed by atoms with Crippen molar-refractivity contribution in [2.24, 2.45) is 4.40 Å². The van der Waals surface area contributed by atoms with Crippen LogP contribution in [0.15, 0.2) is 33.6 Å². The number of carbonyl (C=O) groups excluding carboxylic acids is 1. The summed E-state index contributed by atoms with van der Waals surface area (Å²) in [4.78, 5) is 13.9. The molecule has 140 valence electrons. The van der Waals surface area contributed by atoms with Crippen LogP contribution in [0.5, 0.6) is 0 Å². The lowest BCUT2D eigenvalue weighted by Gasteiger charge is -2.33. The van der Waals surface area contributed by atoms with E-state index in [-0.39, 0.29) is 35.8 Å². The van der Waals surface area contributed by atoms with E-state index in [0.29, 0.717) is 0 Å². The molecule has 0 N–H and O–H groups in total. The minimum atomic E-state index is -3.91. The molecular formula is C18H28N2O4S. The van der Waals surface area contributed by atoms with Crippen molar-refractivity contribution in [2.45, 2.75) is 64.9 Å². The van der Waals surface area contributed by atoms with Crippen molar-refractivity contribution in [3.63, 3.8) is 0 Å². The molecule has 6 nitrogen and oxygen atoms in total. The van der Waals surface area contributed by atoms with Crippen molar-refractivity contribution in [2.75, 3.05) is 6.61 Å². The van der Waals surface area contributed by atoms with Gasteiger partial charge in [0.2, 0.25) is 0 Å². The summed E-state index contributed by atoms with van der Waals surface area (Å²) < 4.78 is 34.3. The van der Waals surface area contributed by atoms with Gasteiger partial charge in [0.25, 0.3) is 10.0 Å². The molecule has 0 aliphatic heterocycles. The van der Waals surface area contributed by atoms with Crippen molar-refractivity contribution in [1.29, 1.82) is 0 Å². The summed E-state index contributed by atoms with van der Waals surface area (Å²) in [6.45, 7) is 11.5. The van der Waals surface area contributed by atoms with Crippen molar-refractivity contribution in [1.82, 2.24) is 4.90 Å². The van der Waals surface area contributed by atoms with E-state index in [9.17, 15) is 13.2 Å². The van der Waals surface area contributed by atoms with Crippen LogP contribution in [0.4, 0.5) is 0 Å². The van der Waals surface area contributed by atoms with Crippen LogP contribution < -0.4 is 0 Å². The zero-order valence-electron chi connectivity index (χ0n) is 15.8. The third kappa shape index (κ3) is 6.16. The van der Waals surface area contributed by atoms with Crippen LogP contribution in [-0.4, -0.2) is 43.8 Å². The Balaban J connectivity index is 3.35. The Morgan fingerprint density at radius 1 is 1.12 bits per heavy atom. The highest BCUT2D eigenvalue weighted by molar-refractivity contribution is 7.90. The van der Waals surface area contributed by atoms with Gasteiger partial charge in [-0.2, -0.15) is 8.42 Å². The molecule has 1 rings (SSSR count). The number of nitrogens with zero attached hydrogens (tertiary/aromatic N) is 2. The van der Waals surface area contributed by atoms with Gasteiger partial charge in [0.15, 0.2) is 0 Å². The quantitative estimate of drug-likeness (QED) is 0.420. The monoisotopic (exact) mass is 368 g/mol. The van der Waals surface area contributed by atoms with Crippen LogP contribution >= 0.6 is 0 Å². The fourth-order valence-corrected chi connectivity index (χ4v) is 3.63. The van der Waals surface area contributed by atoms with E-state index in [4.69, 9.17) is 4.74 Å². The van der Waals surface area contributed by atoms with E-state index < -0.39 is 16.0 Å². The van der Waals surface area contributed by atoms with E-state index in [1.165, 1.54) is 12.1 Å². The first-order valence-electron chi connectivity index (χ1n) is 8.43. The van der Waals surface area contributed by atoms with Gasteiger partial charge in [-0.15, -0.1) is 4.40 Å². The van der Waals surface area contributed by atoms with Gasteiger partial charge < -0.3 is 9.64 Å². The van der Waals surface area contributed by atoms with Gasteiger partial charge in [0, 0.05) is 12.1 Å². The number of benzene rings is 1. The maximum Gasteiger partial charge on any atom is 0.313 e. The molecule has 0 aliphatic rings. The van der Waals surface area contributed by atoms with E-state index >= 15 is 0 Å². The molecule has 0 heterocycles. The molecule has 0 radical (unpaired) electrons. The van der Waals surface area contributed by atoms with Crippen LogP contribution in [0.1, 0.15) is 46.6 Å². The first-order chi connectivity index (χ1) is 11.6. The predicted octanol–water partition coefficient (Wildman–Crippen LogP) is 3.15.